The molecule has 1 saturated heterocycles. The van der Waals surface area contributed by atoms with E-state index in [1.54, 1.807) is 0 Å². The molecule has 5 nitrogen and oxygen atoms in total. The Morgan fingerprint density at radius 1 is 0.857 bits per heavy atom. The van der Waals surface area contributed by atoms with Crippen LogP contribution in [0.3, 0.4) is 0 Å². The SMILES string of the molecule is CC1(C)C2CCC=C(B3OC(C)(C)C(C)(C)O3)C21.CC1(C)C2CCC=C(OS(=O)(=O)C(F)(F)F)C21. The van der Waals surface area contributed by atoms with Gasteiger partial charge in [-0.05, 0) is 93.5 Å². The van der Waals surface area contributed by atoms with E-state index >= 15 is 0 Å². The van der Waals surface area contributed by atoms with Crippen molar-refractivity contribution in [2.45, 2.75) is 97.8 Å². The normalized spacial score (nSPS) is 35.5. The maximum absolute atomic E-state index is 12.2. The fourth-order valence-electron chi connectivity index (χ4n) is 6.36. The first kappa shape index (κ1) is 27.1. The van der Waals surface area contributed by atoms with Crippen LogP contribution in [-0.4, -0.2) is 32.2 Å². The number of hydrogen-bond donors (Lipinski definition) is 0. The summed E-state index contributed by atoms with van der Waals surface area (Å²) in [5.74, 6) is 1.51. The Morgan fingerprint density at radius 2 is 1.31 bits per heavy atom. The van der Waals surface area contributed by atoms with E-state index in [-0.39, 0.29) is 41.3 Å². The van der Waals surface area contributed by atoms with E-state index in [1.807, 2.05) is 13.8 Å². The van der Waals surface area contributed by atoms with Crippen molar-refractivity contribution in [3.8, 4) is 0 Å². The van der Waals surface area contributed by atoms with Crippen LogP contribution in [-0.2, 0) is 23.6 Å². The van der Waals surface area contributed by atoms with Crippen molar-refractivity contribution in [1.29, 1.82) is 0 Å². The van der Waals surface area contributed by atoms with E-state index in [2.05, 4.69) is 51.8 Å². The number of halogens is 3. The van der Waals surface area contributed by atoms with Crippen molar-refractivity contribution >= 4 is 17.2 Å². The molecule has 5 rings (SSSR count). The van der Waals surface area contributed by atoms with Gasteiger partial charge in [-0.2, -0.15) is 21.6 Å². The lowest BCUT2D eigenvalue weighted by Crippen LogP contribution is -2.41. The molecule has 3 fully saturated rings. The van der Waals surface area contributed by atoms with Gasteiger partial charge in [-0.25, -0.2) is 0 Å². The highest BCUT2D eigenvalue weighted by molar-refractivity contribution is 7.87. The van der Waals surface area contributed by atoms with Crippen molar-refractivity contribution in [1.82, 2.24) is 0 Å². The first-order chi connectivity index (χ1) is 15.7. The van der Waals surface area contributed by atoms with Crippen LogP contribution in [0.2, 0.25) is 0 Å². The van der Waals surface area contributed by atoms with Crippen LogP contribution in [0.5, 0.6) is 0 Å². The van der Waals surface area contributed by atoms with Crippen molar-refractivity contribution in [3.63, 3.8) is 0 Å². The Balaban J connectivity index is 0.000000165. The average molecular weight is 518 g/mol. The summed E-state index contributed by atoms with van der Waals surface area (Å²) in [4.78, 5) is 0. The Bertz CT molecular complexity index is 1030. The first-order valence-electron chi connectivity index (χ1n) is 12.5. The summed E-state index contributed by atoms with van der Waals surface area (Å²) in [7, 11) is -5.64. The third-order valence-corrected chi connectivity index (χ3v) is 10.4. The molecule has 0 aromatic rings. The standard InChI is InChI=1S/C15H25BO2.C10H13F3O3S/c1-13(2)10-8-7-9-11(12(10)13)16-17-14(3,4)15(5,6)18-16;1-9(2)6-4-3-5-7(8(6)9)16-17(14,15)10(11,12)13/h9-10,12H,7-8H2,1-6H3;5-6,8H,3-4H2,1-2H3. The van der Waals surface area contributed by atoms with Gasteiger partial charge >= 0.3 is 22.7 Å². The lowest BCUT2D eigenvalue weighted by Gasteiger charge is -2.32. The molecule has 198 valence electrons. The molecule has 0 aromatic heterocycles. The average Bonchev–Trinajstić information content (AvgIpc) is 3.44. The van der Waals surface area contributed by atoms with E-state index < -0.39 is 15.6 Å². The van der Waals surface area contributed by atoms with Gasteiger partial charge in [-0.15, -0.1) is 0 Å². The van der Waals surface area contributed by atoms with Gasteiger partial charge in [-0.1, -0.05) is 33.8 Å². The minimum absolute atomic E-state index is 0.0384. The van der Waals surface area contributed by atoms with Crippen molar-refractivity contribution in [2.75, 3.05) is 0 Å². The zero-order valence-electron chi connectivity index (χ0n) is 22.0. The maximum Gasteiger partial charge on any atom is 0.534 e. The predicted octanol–water partition coefficient (Wildman–Crippen LogP) is 6.41. The second kappa shape index (κ2) is 8.00. The summed E-state index contributed by atoms with van der Waals surface area (Å²) in [5.41, 5.74) is -4.10. The van der Waals surface area contributed by atoms with Crippen molar-refractivity contribution in [3.05, 3.63) is 23.4 Å². The molecular formula is C25H38BF3O5S. The Morgan fingerprint density at radius 3 is 1.83 bits per heavy atom. The molecule has 0 amide bonds. The Kier molecular flexibility index (Phi) is 6.18. The van der Waals surface area contributed by atoms with E-state index in [1.165, 1.54) is 24.4 Å². The first-order valence-corrected chi connectivity index (χ1v) is 13.9. The number of fused-ring (bicyclic) bond motifs is 2. The summed E-state index contributed by atoms with van der Waals surface area (Å²) in [5, 5.41) is 0. The van der Waals surface area contributed by atoms with Crippen LogP contribution in [0.15, 0.2) is 23.4 Å². The summed E-state index contributed by atoms with van der Waals surface area (Å²) in [6.07, 6.45) is 7.78. The highest BCUT2D eigenvalue weighted by Crippen LogP contribution is 2.67. The second-order valence-corrected chi connectivity index (χ2v) is 14.4. The molecule has 5 aliphatic rings. The number of allylic oxidation sites excluding steroid dienone is 4. The van der Waals surface area contributed by atoms with Crippen LogP contribution >= 0.6 is 0 Å². The smallest absolute Gasteiger partial charge is 0.400 e. The van der Waals surface area contributed by atoms with Crippen molar-refractivity contribution < 1.29 is 35.1 Å². The molecular weight excluding hydrogens is 480 g/mol. The molecule has 0 spiro atoms. The van der Waals surface area contributed by atoms with Crippen LogP contribution in [0.4, 0.5) is 13.2 Å². The fraction of sp³-hybridized carbons (Fsp3) is 0.840. The molecule has 1 aliphatic heterocycles. The maximum atomic E-state index is 12.2. The van der Waals surface area contributed by atoms with Gasteiger partial charge in [-0.3, -0.25) is 0 Å². The lowest BCUT2D eigenvalue weighted by atomic mass is 9.71. The summed E-state index contributed by atoms with van der Waals surface area (Å²) < 4.78 is 75.0. The molecule has 0 radical (unpaired) electrons. The molecule has 0 bridgehead atoms. The van der Waals surface area contributed by atoms with Gasteiger partial charge in [0.15, 0.2) is 0 Å². The zero-order valence-corrected chi connectivity index (χ0v) is 22.8. The zero-order chi connectivity index (χ0) is 26.4. The minimum Gasteiger partial charge on any atom is -0.400 e. The monoisotopic (exact) mass is 518 g/mol. The summed E-state index contributed by atoms with van der Waals surface area (Å²) in [6.45, 7) is 17.1. The van der Waals surface area contributed by atoms with Gasteiger partial charge in [0.2, 0.25) is 0 Å². The lowest BCUT2D eigenvalue weighted by molar-refractivity contribution is -0.0526. The highest BCUT2D eigenvalue weighted by atomic mass is 32.2. The Hall–Kier alpha value is -0.995. The second-order valence-electron chi connectivity index (χ2n) is 12.8. The van der Waals surface area contributed by atoms with E-state index in [4.69, 9.17) is 9.31 Å². The van der Waals surface area contributed by atoms with Gasteiger partial charge in [0, 0.05) is 5.92 Å². The fourth-order valence-corrected chi connectivity index (χ4v) is 6.88. The summed E-state index contributed by atoms with van der Waals surface area (Å²) in [6, 6.07) is 0. The van der Waals surface area contributed by atoms with Crippen LogP contribution in [0.1, 0.15) is 81.1 Å². The molecule has 4 atom stereocenters. The third kappa shape index (κ3) is 4.50. The molecule has 0 aromatic carbocycles. The van der Waals surface area contributed by atoms with Crippen LogP contribution in [0.25, 0.3) is 0 Å². The topological polar surface area (TPSA) is 61.8 Å². The third-order valence-electron chi connectivity index (χ3n) is 9.46. The van der Waals surface area contributed by atoms with Crippen LogP contribution < -0.4 is 0 Å². The van der Waals surface area contributed by atoms with E-state index in [0.717, 1.165) is 12.3 Å². The molecule has 0 N–H and O–H groups in total. The number of hydrogen-bond acceptors (Lipinski definition) is 5. The summed E-state index contributed by atoms with van der Waals surface area (Å²) >= 11 is 0. The largest absolute Gasteiger partial charge is 0.534 e. The van der Waals surface area contributed by atoms with Gasteiger partial charge in [0.05, 0.1) is 11.2 Å². The number of rotatable bonds is 3. The highest BCUT2D eigenvalue weighted by Gasteiger charge is 2.65. The predicted molar refractivity (Wildman–Crippen MR) is 128 cm³/mol. The Labute approximate surface area is 208 Å². The molecule has 4 aliphatic carbocycles. The molecule has 2 saturated carbocycles. The van der Waals surface area contributed by atoms with Gasteiger partial charge < -0.3 is 13.5 Å². The number of alkyl halides is 3. The molecule has 10 heteroatoms. The van der Waals surface area contributed by atoms with Gasteiger partial charge in [0.1, 0.15) is 5.76 Å². The molecule has 4 unspecified atom stereocenters. The van der Waals surface area contributed by atoms with Gasteiger partial charge in [0.25, 0.3) is 0 Å². The van der Waals surface area contributed by atoms with Crippen LogP contribution in [0, 0.1) is 34.5 Å². The minimum atomic E-state index is -5.52. The molecule has 35 heavy (non-hydrogen) atoms. The quantitative estimate of drug-likeness (QED) is 0.245. The van der Waals surface area contributed by atoms with Crippen molar-refractivity contribution in [2.24, 2.45) is 34.5 Å². The van der Waals surface area contributed by atoms with E-state index in [0.29, 0.717) is 17.8 Å². The van der Waals surface area contributed by atoms with E-state index in [9.17, 15) is 21.6 Å². The molecule has 1 heterocycles.